The Hall–Kier alpha value is -2.35. The van der Waals surface area contributed by atoms with Gasteiger partial charge in [-0.1, -0.05) is 11.6 Å². The topological polar surface area (TPSA) is 106 Å². The Morgan fingerprint density at radius 1 is 1.63 bits per heavy atom. The van der Waals surface area contributed by atoms with E-state index in [9.17, 15) is 10.1 Å². The Balaban J connectivity index is 2.17. The lowest BCUT2D eigenvalue weighted by molar-refractivity contribution is -0.384. The first kappa shape index (κ1) is 13.1. The maximum absolute atomic E-state index is 10.8. The fourth-order valence-corrected chi connectivity index (χ4v) is 1.45. The van der Waals surface area contributed by atoms with E-state index in [1.54, 1.807) is 6.92 Å². The number of aromatic amines is 1. The van der Waals surface area contributed by atoms with Gasteiger partial charge in [0.25, 0.3) is 0 Å². The van der Waals surface area contributed by atoms with Crippen molar-refractivity contribution in [2.75, 3.05) is 5.32 Å². The SMILES string of the molecule is CC(Cl)Oc1cc(Nc2ncccc2[N+](=O)[O-])[nH]n1. The van der Waals surface area contributed by atoms with E-state index >= 15 is 0 Å². The van der Waals surface area contributed by atoms with Crippen LogP contribution >= 0.6 is 11.6 Å². The lowest BCUT2D eigenvalue weighted by Gasteiger charge is -2.03. The molecule has 0 aromatic carbocycles. The van der Waals surface area contributed by atoms with Crippen LogP contribution in [0.3, 0.4) is 0 Å². The van der Waals surface area contributed by atoms with Crippen molar-refractivity contribution in [3.05, 3.63) is 34.5 Å². The van der Waals surface area contributed by atoms with Gasteiger partial charge in [-0.05, 0) is 13.0 Å². The molecule has 2 N–H and O–H groups in total. The monoisotopic (exact) mass is 283 g/mol. The van der Waals surface area contributed by atoms with Gasteiger partial charge < -0.3 is 10.1 Å². The van der Waals surface area contributed by atoms with Gasteiger partial charge in [-0.2, -0.15) is 0 Å². The average molecular weight is 284 g/mol. The number of hydrogen-bond acceptors (Lipinski definition) is 6. The van der Waals surface area contributed by atoms with E-state index in [1.807, 2.05) is 0 Å². The van der Waals surface area contributed by atoms with E-state index in [2.05, 4.69) is 20.5 Å². The van der Waals surface area contributed by atoms with Crippen LogP contribution in [0.4, 0.5) is 17.3 Å². The molecule has 0 aliphatic rings. The molecule has 2 aromatic heterocycles. The standard InChI is InChI=1S/C10H10ClN5O3/c1-6(11)19-9-5-8(14-15-9)13-10-7(16(17)18)3-2-4-12-10/h2-6H,1H3,(H2,12,13,14,15). The number of nitrogens with zero attached hydrogens (tertiary/aromatic N) is 3. The minimum Gasteiger partial charge on any atom is -0.457 e. The molecule has 19 heavy (non-hydrogen) atoms. The highest BCUT2D eigenvalue weighted by Gasteiger charge is 2.15. The fourth-order valence-electron chi connectivity index (χ4n) is 1.36. The summed E-state index contributed by atoms with van der Waals surface area (Å²) < 4.78 is 5.14. The van der Waals surface area contributed by atoms with Crippen molar-refractivity contribution in [1.29, 1.82) is 0 Å². The molecule has 0 bridgehead atoms. The van der Waals surface area contributed by atoms with Crippen molar-refractivity contribution >= 4 is 28.9 Å². The molecule has 9 heteroatoms. The number of rotatable bonds is 5. The Labute approximate surface area is 112 Å². The summed E-state index contributed by atoms with van der Waals surface area (Å²) in [7, 11) is 0. The van der Waals surface area contributed by atoms with Gasteiger partial charge in [0.2, 0.25) is 11.7 Å². The van der Waals surface area contributed by atoms with Crippen LogP contribution in [0, 0.1) is 10.1 Å². The van der Waals surface area contributed by atoms with E-state index in [-0.39, 0.29) is 17.4 Å². The Kier molecular flexibility index (Phi) is 3.81. The third kappa shape index (κ3) is 3.32. The molecule has 2 rings (SSSR count). The maximum atomic E-state index is 10.8. The Bertz CT molecular complexity index is 586. The first-order valence-electron chi connectivity index (χ1n) is 5.29. The molecule has 8 nitrogen and oxygen atoms in total. The number of nitro groups is 1. The van der Waals surface area contributed by atoms with E-state index in [4.69, 9.17) is 16.3 Å². The van der Waals surface area contributed by atoms with Gasteiger partial charge in [-0.3, -0.25) is 15.2 Å². The predicted octanol–water partition coefficient (Wildman–Crippen LogP) is 2.42. The van der Waals surface area contributed by atoms with E-state index in [0.29, 0.717) is 5.82 Å². The van der Waals surface area contributed by atoms with Gasteiger partial charge in [0.1, 0.15) is 5.82 Å². The lowest BCUT2D eigenvalue weighted by atomic mass is 10.4. The van der Waals surface area contributed by atoms with Crippen molar-refractivity contribution < 1.29 is 9.66 Å². The Morgan fingerprint density at radius 2 is 2.42 bits per heavy atom. The van der Waals surface area contributed by atoms with Crippen LogP contribution in [0.15, 0.2) is 24.4 Å². The number of pyridine rings is 1. The molecule has 0 radical (unpaired) electrons. The summed E-state index contributed by atoms with van der Waals surface area (Å²) in [5, 5.41) is 20.0. The second kappa shape index (κ2) is 5.53. The summed E-state index contributed by atoms with van der Waals surface area (Å²) in [4.78, 5) is 14.2. The molecule has 0 amide bonds. The number of hydrogen-bond donors (Lipinski definition) is 2. The van der Waals surface area contributed by atoms with Crippen LogP contribution in [0.25, 0.3) is 0 Å². The molecule has 2 heterocycles. The van der Waals surface area contributed by atoms with Gasteiger partial charge in [-0.25, -0.2) is 4.98 Å². The number of H-pyrrole nitrogens is 1. The summed E-state index contributed by atoms with van der Waals surface area (Å²) in [6.45, 7) is 1.65. The van der Waals surface area contributed by atoms with Crippen LogP contribution in [0.2, 0.25) is 0 Å². The summed E-state index contributed by atoms with van der Waals surface area (Å²) >= 11 is 5.65. The zero-order chi connectivity index (χ0) is 13.8. The number of ether oxygens (including phenoxy) is 1. The van der Waals surface area contributed by atoms with Crippen LogP contribution in [0.1, 0.15) is 6.92 Å². The second-order valence-electron chi connectivity index (χ2n) is 3.53. The number of alkyl halides is 1. The molecule has 0 spiro atoms. The molecule has 0 fully saturated rings. The van der Waals surface area contributed by atoms with E-state index in [0.717, 1.165) is 0 Å². The Morgan fingerprint density at radius 3 is 3.11 bits per heavy atom. The highest BCUT2D eigenvalue weighted by Crippen LogP contribution is 2.25. The lowest BCUT2D eigenvalue weighted by Crippen LogP contribution is -2.02. The normalized spacial score (nSPS) is 11.9. The van der Waals surface area contributed by atoms with Crippen molar-refractivity contribution in [3.63, 3.8) is 0 Å². The highest BCUT2D eigenvalue weighted by molar-refractivity contribution is 6.19. The van der Waals surface area contributed by atoms with E-state index in [1.165, 1.54) is 24.4 Å². The minimum absolute atomic E-state index is 0.113. The van der Waals surface area contributed by atoms with Crippen molar-refractivity contribution in [2.45, 2.75) is 12.5 Å². The summed E-state index contributed by atoms with van der Waals surface area (Å²) in [6, 6.07) is 4.36. The minimum atomic E-state index is -0.527. The molecule has 2 aromatic rings. The molecule has 0 aliphatic carbocycles. The van der Waals surface area contributed by atoms with Gasteiger partial charge in [0, 0.05) is 18.3 Å². The smallest absolute Gasteiger partial charge is 0.311 e. The number of nitrogens with one attached hydrogen (secondary N) is 2. The molecular formula is C10H10ClN5O3. The maximum Gasteiger partial charge on any atom is 0.311 e. The van der Waals surface area contributed by atoms with Crippen molar-refractivity contribution in [1.82, 2.24) is 15.2 Å². The van der Waals surface area contributed by atoms with Crippen LogP contribution in [0.5, 0.6) is 5.88 Å². The van der Waals surface area contributed by atoms with Gasteiger partial charge in [-0.15, -0.1) is 5.10 Å². The molecule has 1 unspecified atom stereocenters. The highest BCUT2D eigenvalue weighted by atomic mass is 35.5. The number of aromatic nitrogens is 3. The second-order valence-corrected chi connectivity index (χ2v) is 4.15. The van der Waals surface area contributed by atoms with Crippen molar-refractivity contribution in [2.24, 2.45) is 0 Å². The quantitative estimate of drug-likeness (QED) is 0.496. The van der Waals surface area contributed by atoms with E-state index < -0.39 is 10.5 Å². The molecule has 1 atom stereocenters. The third-order valence-corrected chi connectivity index (χ3v) is 2.16. The first-order valence-corrected chi connectivity index (χ1v) is 5.72. The summed E-state index contributed by atoms with van der Waals surface area (Å²) in [5.74, 6) is 0.805. The molecule has 0 saturated heterocycles. The zero-order valence-corrected chi connectivity index (χ0v) is 10.6. The van der Waals surface area contributed by atoms with Gasteiger partial charge in [0.15, 0.2) is 5.56 Å². The molecular weight excluding hydrogens is 274 g/mol. The third-order valence-electron chi connectivity index (χ3n) is 2.07. The molecule has 100 valence electrons. The van der Waals surface area contributed by atoms with Crippen molar-refractivity contribution in [3.8, 4) is 5.88 Å². The average Bonchev–Trinajstić information content (AvgIpc) is 2.76. The fraction of sp³-hybridized carbons (Fsp3) is 0.200. The van der Waals surface area contributed by atoms with Crippen LogP contribution in [-0.2, 0) is 0 Å². The van der Waals surface area contributed by atoms with Gasteiger partial charge in [0.05, 0.1) is 4.92 Å². The predicted molar refractivity (Wildman–Crippen MR) is 68.7 cm³/mol. The molecule has 0 aliphatic heterocycles. The summed E-state index contributed by atoms with van der Waals surface area (Å²) in [6.07, 6.45) is 1.45. The number of anilines is 2. The largest absolute Gasteiger partial charge is 0.457 e. The van der Waals surface area contributed by atoms with Crippen LogP contribution < -0.4 is 10.1 Å². The van der Waals surface area contributed by atoms with Gasteiger partial charge >= 0.3 is 5.69 Å². The first-order chi connectivity index (χ1) is 9.06. The summed E-state index contributed by atoms with van der Waals surface area (Å²) in [5.41, 5.74) is -0.661. The van der Waals surface area contributed by atoms with Crippen LogP contribution in [-0.4, -0.2) is 25.7 Å². The zero-order valence-electron chi connectivity index (χ0n) is 9.83. The molecule has 0 saturated carbocycles. The number of halogens is 1.